The fourth-order valence-corrected chi connectivity index (χ4v) is 2.49. The lowest BCUT2D eigenvalue weighted by atomic mass is 10.2. The Kier molecular flexibility index (Phi) is 7.94. The average Bonchev–Trinajstić information content (AvgIpc) is 2.62. The van der Waals surface area contributed by atoms with Gasteiger partial charge in [-0.25, -0.2) is 0 Å². The minimum absolute atomic E-state index is 0.322. The van der Waals surface area contributed by atoms with Crippen molar-refractivity contribution in [2.24, 2.45) is 0 Å². The van der Waals surface area contributed by atoms with Crippen LogP contribution >= 0.6 is 12.0 Å². The molecule has 0 heterocycles. The molecule has 1 N–H and O–H groups in total. The number of phenolic OH excluding ortho intramolecular Hbond substituents is 1. The van der Waals surface area contributed by atoms with E-state index in [1.165, 1.54) is 23.2 Å². The monoisotopic (exact) mass is 338 g/mol. The molecule has 3 aromatic rings. The van der Waals surface area contributed by atoms with E-state index in [0.717, 1.165) is 17.9 Å². The number of aryl methyl sites for hydroxylation is 1. The third kappa shape index (κ3) is 7.36. The van der Waals surface area contributed by atoms with Crippen molar-refractivity contribution in [1.82, 2.24) is 0 Å². The maximum Gasteiger partial charge on any atom is 0.115 e. The zero-order valence-electron chi connectivity index (χ0n) is 13.8. The molecule has 0 bridgehead atoms. The van der Waals surface area contributed by atoms with Crippen LogP contribution in [0, 0.1) is 6.92 Å². The van der Waals surface area contributed by atoms with Gasteiger partial charge in [-0.1, -0.05) is 66.2 Å². The molecule has 124 valence electrons. The maximum atomic E-state index is 8.63. The van der Waals surface area contributed by atoms with Gasteiger partial charge in [-0.15, -0.1) is 0 Å². The van der Waals surface area contributed by atoms with Gasteiger partial charge >= 0.3 is 0 Å². The van der Waals surface area contributed by atoms with E-state index in [2.05, 4.69) is 55.5 Å². The van der Waals surface area contributed by atoms with Gasteiger partial charge in [-0.3, -0.25) is 0 Å². The Bertz CT molecular complexity index is 682. The summed E-state index contributed by atoms with van der Waals surface area (Å²) in [5, 5.41) is 8.63. The van der Waals surface area contributed by atoms with Crippen LogP contribution in [-0.2, 0) is 10.6 Å². The van der Waals surface area contributed by atoms with Crippen molar-refractivity contribution >= 4 is 12.0 Å². The lowest BCUT2D eigenvalue weighted by Crippen LogP contribution is -1.92. The zero-order valence-corrected chi connectivity index (χ0v) is 14.6. The molecule has 0 saturated carbocycles. The molecule has 0 amide bonds. The first-order valence-corrected chi connectivity index (χ1v) is 8.62. The molecule has 0 aromatic heterocycles. The second-order valence-corrected chi connectivity index (χ2v) is 6.16. The highest BCUT2D eigenvalue weighted by atomic mass is 32.2. The van der Waals surface area contributed by atoms with E-state index >= 15 is 0 Å². The lowest BCUT2D eigenvalue weighted by molar-refractivity contribution is 0.379. The SMILES string of the molecule is Cc1ccc(SOCCc2ccccc2)cc1.Oc1ccccc1. The zero-order chi connectivity index (χ0) is 17.0. The topological polar surface area (TPSA) is 29.5 Å². The van der Waals surface area contributed by atoms with Crippen molar-refractivity contribution in [2.45, 2.75) is 18.2 Å². The van der Waals surface area contributed by atoms with E-state index in [-0.39, 0.29) is 0 Å². The summed E-state index contributed by atoms with van der Waals surface area (Å²) in [7, 11) is 0. The Hall–Kier alpha value is -2.23. The van der Waals surface area contributed by atoms with E-state index in [1.54, 1.807) is 24.3 Å². The van der Waals surface area contributed by atoms with Gasteiger partial charge in [0.15, 0.2) is 0 Å². The van der Waals surface area contributed by atoms with Crippen LogP contribution in [0.5, 0.6) is 5.75 Å². The van der Waals surface area contributed by atoms with Crippen molar-refractivity contribution in [2.75, 3.05) is 6.61 Å². The van der Waals surface area contributed by atoms with Gasteiger partial charge in [0.1, 0.15) is 5.75 Å². The summed E-state index contributed by atoms with van der Waals surface area (Å²) in [6, 6.07) is 27.5. The summed E-state index contributed by atoms with van der Waals surface area (Å²) < 4.78 is 5.58. The van der Waals surface area contributed by atoms with E-state index < -0.39 is 0 Å². The fourth-order valence-electron chi connectivity index (χ4n) is 1.94. The van der Waals surface area contributed by atoms with Crippen LogP contribution in [0.25, 0.3) is 0 Å². The summed E-state index contributed by atoms with van der Waals surface area (Å²) in [6.45, 7) is 2.83. The summed E-state index contributed by atoms with van der Waals surface area (Å²) in [5.74, 6) is 0.322. The molecule has 24 heavy (non-hydrogen) atoms. The first-order chi connectivity index (χ1) is 11.7. The van der Waals surface area contributed by atoms with Gasteiger partial charge < -0.3 is 9.29 Å². The van der Waals surface area contributed by atoms with Crippen LogP contribution in [0.2, 0.25) is 0 Å². The number of rotatable bonds is 5. The van der Waals surface area contributed by atoms with E-state index in [9.17, 15) is 0 Å². The molecule has 3 aromatic carbocycles. The Balaban J connectivity index is 0.000000249. The van der Waals surface area contributed by atoms with Crippen molar-refractivity contribution in [3.05, 3.63) is 96.1 Å². The smallest absolute Gasteiger partial charge is 0.115 e. The van der Waals surface area contributed by atoms with Gasteiger partial charge in [-0.05, 0) is 43.2 Å². The molecule has 0 aliphatic rings. The predicted molar refractivity (Wildman–Crippen MR) is 101 cm³/mol. The summed E-state index contributed by atoms with van der Waals surface area (Å²) >= 11 is 1.45. The number of benzene rings is 3. The number of hydrogen-bond donors (Lipinski definition) is 1. The van der Waals surface area contributed by atoms with Crippen molar-refractivity contribution in [3.8, 4) is 5.75 Å². The highest BCUT2D eigenvalue weighted by Crippen LogP contribution is 2.19. The Morgan fingerprint density at radius 2 is 1.38 bits per heavy atom. The van der Waals surface area contributed by atoms with Crippen molar-refractivity contribution < 1.29 is 9.29 Å². The Morgan fingerprint density at radius 1 is 0.792 bits per heavy atom. The highest BCUT2D eigenvalue weighted by Gasteiger charge is 1.96. The Morgan fingerprint density at radius 3 is 1.92 bits per heavy atom. The molecule has 0 spiro atoms. The lowest BCUT2D eigenvalue weighted by Gasteiger charge is -2.03. The van der Waals surface area contributed by atoms with E-state index in [4.69, 9.17) is 9.29 Å². The predicted octanol–water partition coefficient (Wildman–Crippen LogP) is 5.65. The minimum atomic E-state index is 0.322. The molecule has 0 unspecified atom stereocenters. The van der Waals surface area contributed by atoms with Crippen LogP contribution < -0.4 is 0 Å². The number of para-hydroxylation sites is 1. The molecular weight excluding hydrogens is 316 g/mol. The molecule has 3 rings (SSSR count). The van der Waals surface area contributed by atoms with Crippen LogP contribution in [0.1, 0.15) is 11.1 Å². The Labute approximate surface area is 148 Å². The summed E-state index contributed by atoms with van der Waals surface area (Å²) in [4.78, 5) is 1.16. The third-order valence-electron chi connectivity index (χ3n) is 3.25. The highest BCUT2D eigenvalue weighted by molar-refractivity contribution is 7.94. The fraction of sp³-hybridized carbons (Fsp3) is 0.143. The molecule has 2 nitrogen and oxygen atoms in total. The number of hydrogen-bond acceptors (Lipinski definition) is 3. The molecule has 0 fully saturated rings. The molecule has 0 aliphatic heterocycles. The molecular formula is C21H22O2S. The quantitative estimate of drug-likeness (QED) is 0.481. The van der Waals surface area contributed by atoms with Crippen LogP contribution in [0.4, 0.5) is 0 Å². The van der Waals surface area contributed by atoms with Gasteiger partial charge in [-0.2, -0.15) is 0 Å². The normalized spacial score (nSPS) is 9.88. The first kappa shape index (κ1) is 18.1. The van der Waals surface area contributed by atoms with Crippen LogP contribution in [0.3, 0.4) is 0 Å². The van der Waals surface area contributed by atoms with Crippen molar-refractivity contribution in [3.63, 3.8) is 0 Å². The van der Waals surface area contributed by atoms with Gasteiger partial charge in [0, 0.05) is 16.9 Å². The molecule has 0 saturated heterocycles. The average molecular weight is 338 g/mol. The summed E-state index contributed by atoms with van der Waals surface area (Å²) in [6.07, 6.45) is 0.958. The molecule has 0 radical (unpaired) electrons. The second-order valence-electron chi connectivity index (χ2n) is 5.29. The van der Waals surface area contributed by atoms with Crippen LogP contribution in [-0.4, -0.2) is 11.7 Å². The molecule has 0 aliphatic carbocycles. The standard InChI is InChI=1S/C15H16OS.C6H6O/c1-13-7-9-15(10-8-13)17-16-12-11-14-5-3-2-4-6-14;7-6-4-2-1-3-5-6/h2-10H,11-12H2,1H3;1-5,7H. The third-order valence-corrected chi connectivity index (χ3v) is 4.00. The van der Waals surface area contributed by atoms with Crippen LogP contribution in [0.15, 0.2) is 89.8 Å². The summed E-state index contributed by atoms with van der Waals surface area (Å²) in [5.41, 5.74) is 2.59. The van der Waals surface area contributed by atoms with E-state index in [0.29, 0.717) is 5.75 Å². The van der Waals surface area contributed by atoms with Gasteiger partial charge in [0.25, 0.3) is 0 Å². The second kappa shape index (κ2) is 10.5. The van der Waals surface area contributed by atoms with Gasteiger partial charge in [0.2, 0.25) is 0 Å². The number of phenols is 1. The van der Waals surface area contributed by atoms with Crippen molar-refractivity contribution in [1.29, 1.82) is 0 Å². The number of aromatic hydroxyl groups is 1. The van der Waals surface area contributed by atoms with E-state index in [1.807, 2.05) is 12.1 Å². The van der Waals surface area contributed by atoms with Gasteiger partial charge in [0.05, 0.1) is 6.61 Å². The maximum absolute atomic E-state index is 8.63. The largest absolute Gasteiger partial charge is 0.508 e. The molecule has 3 heteroatoms. The first-order valence-electron chi connectivity index (χ1n) is 7.88. The molecule has 0 atom stereocenters. The minimum Gasteiger partial charge on any atom is -0.508 e.